The predicted molar refractivity (Wildman–Crippen MR) is 88.7 cm³/mol. The van der Waals surface area contributed by atoms with Crippen molar-refractivity contribution in [1.82, 2.24) is 10.2 Å². The zero-order valence-corrected chi connectivity index (χ0v) is 13.7. The van der Waals surface area contributed by atoms with E-state index in [1.807, 2.05) is 12.1 Å². The van der Waals surface area contributed by atoms with Crippen molar-refractivity contribution in [3.05, 3.63) is 29.8 Å². The minimum atomic E-state index is 0.348. The maximum Gasteiger partial charge on any atom is 0.115 e. The number of hydrogen-bond acceptors (Lipinski definition) is 3. The molecule has 0 saturated carbocycles. The standard InChI is InChI=1S/C18H30N2O/c1-14(2)12-20(13-17-5-4-10-19-17)15(3)11-16-6-8-18(21)9-7-16/h6-9,14-15,17,19,21H,4-5,10-13H2,1-3H3. The average molecular weight is 290 g/mol. The smallest absolute Gasteiger partial charge is 0.115 e. The Labute approximate surface area is 129 Å². The van der Waals surface area contributed by atoms with Gasteiger partial charge in [0.15, 0.2) is 0 Å². The molecule has 0 aromatic heterocycles. The van der Waals surface area contributed by atoms with Gasteiger partial charge in [-0.25, -0.2) is 0 Å². The van der Waals surface area contributed by atoms with Crippen molar-refractivity contribution in [2.45, 2.75) is 52.1 Å². The minimum absolute atomic E-state index is 0.348. The Balaban J connectivity index is 1.95. The monoisotopic (exact) mass is 290 g/mol. The van der Waals surface area contributed by atoms with Crippen LogP contribution in [0.25, 0.3) is 0 Å². The molecule has 1 aliphatic heterocycles. The second kappa shape index (κ2) is 7.81. The Morgan fingerprint density at radius 1 is 1.24 bits per heavy atom. The van der Waals surface area contributed by atoms with Gasteiger partial charge in [-0.15, -0.1) is 0 Å². The lowest BCUT2D eigenvalue weighted by Crippen LogP contribution is -2.44. The van der Waals surface area contributed by atoms with Crippen LogP contribution in [0.5, 0.6) is 5.75 Å². The SMILES string of the molecule is CC(C)CN(CC1CCCN1)C(C)Cc1ccc(O)cc1. The Bertz CT molecular complexity index is 410. The van der Waals surface area contributed by atoms with Crippen molar-refractivity contribution in [2.24, 2.45) is 5.92 Å². The zero-order valence-electron chi connectivity index (χ0n) is 13.7. The lowest BCUT2D eigenvalue weighted by molar-refractivity contribution is 0.170. The summed E-state index contributed by atoms with van der Waals surface area (Å²) in [7, 11) is 0. The summed E-state index contributed by atoms with van der Waals surface area (Å²) in [5.74, 6) is 1.04. The predicted octanol–water partition coefficient (Wildman–Crippen LogP) is 3.03. The number of aromatic hydroxyl groups is 1. The minimum Gasteiger partial charge on any atom is -0.508 e. The Morgan fingerprint density at radius 3 is 2.52 bits per heavy atom. The molecule has 2 N–H and O–H groups in total. The number of phenolic OH excluding ortho intramolecular Hbond substituents is 1. The second-order valence-electron chi connectivity index (χ2n) is 6.86. The van der Waals surface area contributed by atoms with Crippen molar-refractivity contribution >= 4 is 0 Å². The van der Waals surface area contributed by atoms with Crippen LogP contribution in [0.1, 0.15) is 39.2 Å². The van der Waals surface area contributed by atoms with Gasteiger partial charge >= 0.3 is 0 Å². The zero-order chi connectivity index (χ0) is 15.2. The van der Waals surface area contributed by atoms with Crippen molar-refractivity contribution in [3.8, 4) is 5.75 Å². The molecule has 0 aliphatic carbocycles. The van der Waals surface area contributed by atoms with Crippen molar-refractivity contribution in [2.75, 3.05) is 19.6 Å². The largest absolute Gasteiger partial charge is 0.508 e. The van der Waals surface area contributed by atoms with Crippen LogP contribution in [0.2, 0.25) is 0 Å². The lowest BCUT2D eigenvalue weighted by Gasteiger charge is -2.33. The van der Waals surface area contributed by atoms with Gasteiger partial charge in [0.05, 0.1) is 0 Å². The van der Waals surface area contributed by atoms with Gasteiger partial charge in [0.25, 0.3) is 0 Å². The molecule has 2 atom stereocenters. The van der Waals surface area contributed by atoms with Crippen LogP contribution in [0.4, 0.5) is 0 Å². The average Bonchev–Trinajstić information content (AvgIpc) is 2.93. The molecule has 21 heavy (non-hydrogen) atoms. The van der Waals surface area contributed by atoms with Gasteiger partial charge in [-0.05, 0) is 56.3 Å². The van der Waals surface area contributed by atoms with E-state index in [0.29, 0.717) is 23.8 Å². The summed E-state index contributed by atoms with van der Waals surface area (Å²) >= 11 is 0. The number of nitrogens with zero attached hydrogens (tertiary/aromatic N) is 1. The highest BCUT2D eigenvalue weighted by Crippen LogP contribution is 2.16. The van der Waals surface area contributed by atoms with E-state index in [2.05, 4.69) is 31.0 Å². The Kier molecular flexibility index (Phi) is 6.07. The fourth-order valence-corrected chi connectivity index (χ4v) is 3.20. The van der Waals surface area contributed by atoms with Crippen molar-refractivity contribution in [3.63, 3.8) is 0 Å². The van der Waals surface area contributed by atoms with Crippen LogP contribution in [0, 0.1) is 5.92 Å². The van der Waals surface area contributed by atoms with E-state index in [9.17, 15) is 5.11 Å². The highest BCUT2D eigenvalue weighted by Gasteiger charge is 2.22. The fraction of sp³-hybridized carbons (Fsp3) is 0.667. The molecule has 3 heteroatoms. The molecule has 2 unspecified atom stereocenters. The molecule has 0 radical (unpaired) electrons. The van der Waals surface area contributed by atoms with Gasteiger partial charge < -0.3 is 10.4 Å². The van der Waals surface area contributed by atoms with E-state index in [4.69, 9.17) is 0 Å². The van der Waals surface area contributed by atoms with Gasteiger partial charge in [-0.3, -0.25) is 4.90 Å². The number of benzene rings is 1. The third-order valence-corrected chi connectivity index (χ3v) is 4.31. The third kappa shape index (κ3) is 5.33. The molecule has 1 heterocycles. The first-order valence-corrected chi connectivity index (χ1v) is 8.30. The number of rotatable bonds is 7. The quantitative estimate of drug-likeness (QED) is 0.810. The number of phenols is 1. The molecule has 1 saturated heterocycles. The molecule has 0 amide bonds. The summed E-state index contributed by atoms with van der Waals surface area (Å²) in [5, 5.41) is 13.0. The first-order valence-electron chi connectivity index (χ1n) is 8.30. The summed E-state index contributed by atoms with van der Waals surface area (Å²) in [6, 6.07) is 8.83. The van der Waals surface area contributed by atoms with Gasteiger partial charge in [0.2, 0.25) is 0 Å². The summed E-state index contributed by atoms with van der Waals surface area (Å²) < 4.78 is 0. The van der Waals surface area contributed by atoms with E-state index in [1.165, 1.54) is 24.9 Å². The van der Waals surface area contributed by atoms with Crippen LogP contribution in [0.3, 0.4) is 0 Å². The molecule has 1 aromatic rings. The maximum atomic E-state index is 9.39. The molecule has 3 nitrogen and oxygen atoms in total. The fourth-order valence-electron chi connectivity index (χ4n) is 3.20. The molecule has 0 spiro atoms. The third-order valence-electron chi connectivity index (χ3n) is 4.31. The van der Waals surface area contributed by atoms with E-state index < -0.39 is 0 Å². The molecular weight excluding hydrogens is 260 g/mol. The molecule has 118 valence electrons. The topological polar surface area (TPSA) is 35.5 Å². The first-order chi connectivity index (χ1) is 10.0. The molecule has 0 bridgehead atoms. The van der Waals surface area contributed by atoms with Crippen LogP contribution in [-0.4, -0.2) is 41.7 Å². The van der Waals surface area contributed by atoms with Gasteiger partial charge in [-0.1, -0.05) is 26.0 Å². The Morgan fingerprint density at radius 2 is 1.95 bits per heavy atom. The lowest BCUT2D eigenvalue weighted by atomic mass is 10.0. The first kappa shape index (κ1) is 16.3. The number of nitrogens with one attached hydrogen (secondary N) is 1. The summed E-state index contributed by atoms with van der Waals surface area (Å²) in [6.45, 7) is 10.4. The van der Waals surface area contributed by atoms with Gasteiger partial charge in [-0.2, -0.15) is 0 Å². The highest BCUT2D eigenvalue weighted by molar-refractivity contribution is 5.26. The maximum absolute atomic E-state index is 9.39. The van der Waals surface area contributed by atoms with Crippen LogP contribution in [0.15, 0.2) is 24.3 Å². The van der Waals surface area contributed by atoms with Crippen molar-refractivity contribution < 1.29 is 5.11 Å². The van der Waals surface area contributed by atoms with Crippen LogP contribution < -0.4 is 5.32 Å². The molecule has 1 fully saturated rings. The summed E-state index contributed by atoms with van der Waals surface area (Å²) in [6.07, 6.45) is 3.66. The van der Waals surface area contributed by atoms with E-state index >= 15 is 0 Å². The summed E-state index contributed by atoms with van der Waals surface area (Å²) in [4.78, 5) is 2.63. The molecule has 1 aliphatic rings. The number of hydrogen-bond donors (Lipinski definition) is 2. The molecule has 1 aromatic carbocycles. The highest BCUT2D eigenvalue weighted by atomic mass is 16.3. The van der Waals surface area contributed by atoms with Gasteiger partial charge in [0, 0.05) is 25.2 Å². The summed E-state index contributed by atoms with van der Waals surface area (Å²) in [5.41, 5.74) is 1.30. The van der Waals surface area contributed by atoms with E-state index in [-0.39, 0.29) is 0 Å². The van der Waals surface area contributed by atoms with E-state index in [0.717, 1.165) is 19.5 Å². The van der Waals surface area contributed by atoms with Crippen LogP contribution >= 0.6 is 0 Å². The molecule has 2 rings (SSSR count). The van der Waals surface area contributed by atoms with Crippen LogP contribution in [-0.2, 0) is 6.42 Å². The second-order valence-corrected chi connectivity index (χ2v) is 6.86. The van der Waals surface area contributed by atoms with Gasteiger partial charge in [0.1, 0.15) is 5.75 Å². The normalized spacial score (nSPS) is 20.3. The van der Waals surface area contributed by atoms with E-state index in [1.54, 1.807) is 12.1 Å². The molecular formula is C18H30N2O. The van der Waals surface area contributed by atoms with Crippen molar-refractivity contribution in [1.29, 1.82) is 0 Å². The Hall–Kier alpha value is -1.06.